The molecule has 1 aromatic heterocycles. The third-order valence-corrected chi connectivity index (χ3v) is 6.95. The molecule has 1 saturated carbocycles. The molecule has 0 radical (unpaired) electrons. The van der Waals surface area contributed by atoms with E-state index in [-0.39, 0.29) is 15.9 Å². The van der Waals surface area contributed by atoms with Gasteiger partial charge in [0.2, 0.25) is 0 Å². The Bertz CT molecular complexity index is 574. The van der Waals surface area contributed by atoms with Gasteiger partial charge in [-0.3, -0.25) is 0 Å². The molecule has 20 heavy (non-hydrogen) atoms. The molecule has 1 aromatic rings. The van der Waals surface area contributed by atoms with Gasteiger partial charge in [-0.1, -0.05) is 25.7 Å². The summed E-state index contributed by atoms with van der Waals surface area (Å²) in [6, 6.07) is -0.0498. The summed E-state index contributed by atoms with van der Waals surface area (Å²) in [4.78, 5) is 14.7. The number of carboxylic acid groups (broad SMARTS) is 1. The molecule has 1 aliphatic rings. The third-order valence-electron chi connectivity index (χ3n) is 3.69. The lowest BCUT2D eigenvalue weighted by Crippen LogP contribution is -2.37. The molecule has 0 bridgehead atoms. The van der Waals surface area contributed by atoms with Gasteiger partial charge < -0.3 is 5.11 Å². The van der Waals surface area contributed by atoms with Gasteiger partial charge in [-0.25, -0.2) is 18.2 Å². The minimum atomic E-state index is -3.78. The fraction of sp³-hybridized carbons (Fsp3) is 0.667. The van der Waals surface area contributed by atoms with Crippen LogP contribution in [0.1, 0.15) is 49.0 Å². The average Bonchev–Trinajstić information content (AvgIpc) is 2.75. The van der Waals surface area contributed by atoms with Crippen LogP contribution in [0.2, 0.25) is 0 Å². The van der Waals surface area contributed by atoms with Crippen molar-refractivity contribution in [2.24, 2.45) is 0 Å². The average molecular weight is 318 g/mol. The Labute approximate surface area is 122 Å². The van der Waals surface area contributed by atoms with E-state index in [9.17, 15) is 13.2 Å². The molecule has 0 saturated heterocycles. The minimum Gasteiger partial charge on any atom is -0.476 e. The summed E-state index contributed by atoms with van der Waals surface area (Å²) >= 11 is 0.861. The molecule has 2 rings (SSSR count). The van der Waals surface area contributed by atoms with Crippen LogP contribution in [0.25, 0.3) is 0 Å². The van der Waals surface area contributed by atoms with Gasteiger partial charge in [-0.05, 0) is 12.8 Å². The molecule has 0 aromatic carbocycles. The van der Waals surface area contributed by atoms with E-state index in [0.717, 1.165) is 49.9 Å². The second-order valence-electron chi connectivity index (χ2n) is 4.96. The van der Waals surface area contributed by atoms with Crippen molar-refractivity contribution in [2.45, 2.75) is 48.8 Å². The molecule has 1 aliphatic carbocycles. The van der Waals surface area contributed by atoms with Gasteiger partial charge >= 0.3 is 5.97 Å². The van der Waals surface area contributed by atoms with E-state index in [4.69, 9.17) is 5.11 Å². The van der Waals surface area contributed by atoms with Crippen molar-refractivity contribution in [2.75, 3.05) is 7.05 Å². The fourth-order valence-corrected chi connectivity index (χ4v) is 5.23. The Kier molecular flexibility index (Phi) is 4.77. The molecule has 8 heteroatoms. The van der Waals surface area contributed by atoms with E-state index in [1.807, 2.05) is 0 Å². The molecule has 1 fully saturated rings. The smallest absolute Gasteiger partial charge is 0.356 e. The summed E-state index contributed by atoms with van der Waals surface area (Å²) in [6.45, 7) is 0. The molecule has 6 nitrogen and oxygen atoms in total. The first-order valence-electron chi connectivity index (χ1n) is 6.59. The van der Waals surface area contributed by atoms with E-state index in [0.29, 0.717) is 0 Å². The molecular weight excluding hydrogens is 300 g/mol. The second-order valence-corrected chi connectivity index (χ2v) is 8.01. The van der Waals surface area contributed by atoms with Crippen LogP contribution in [0.3, 0.4) is 0 Å². The summed E-state index contributed by atoms with van der Waals surface area (Å²) in [5.41, 5.74) is 0.882. The van der Waals surface area contributed by atoms with Crippen LogP contribution in [0.5, 0.6) is 0 Å². The molecule has 1 heterocycles. The third kappa shape index (κ3) is 3.02. The van der Waals surface area contributed by atoms with E-state index >= 15 is 0 Å². The predicted molar refractivity (Wildman–Crippen MR) is 75.5 cm³/mol. The molecule has 0 spiro atoms. The lowest BCUT2D eigenvalue weighted by atomic mass is 10.1. The van der Waals surface area contributed by atoms with Gasteiger partial charge in [0.1, 0.15) is 0 Å². The number of aromatic nitrogens is 1. The molecule has 0 atom stereocenters. The normalized spacial score (nSPS) is 18.1. The predicted octanol–water partition coefficient (Wildman–Crippen LogP) is 2.18. The molecule has 0 aliphatic heterocycles. The summed E-state index contributed by atoms with van der Waals surface area (Å²) < 4.78 is 26.3. The fourth-order valence-electron chi connectivity index (χ4n) is 2.51. The highest BCUT2D eigenvalue weighted by atomic mass is 32.2. The van der Waals surface area contributed by atoms with Gasteiger partial charge in [0.25, 0.3) is 10.0 Å². The zero-order chi connectivity index (χ0) is 14.8. The Morgan fingerprint density at radius 3 is 2.50 bits per heavy atom. The summed E-state index contributed by atoms with van der Waals surface area (Å²) in [5, 5.41) is 9.02. The van der Waals surface area contributed by atoms with Crippen molar-refractivity contribution in [3.63, 3.8) is 0 Å². The Morgan fingerprint density at radius 2 is 1.95 bits per heavy atom. The van der Waals surface area contributed by atoms with Gasteiger partial charge in [0.05, 0.1) is 5.51 Å². The topological polar surface area (TPSA) is 87.6 Å². The Hall–Kier alpha value is -0.990. The van der Waals surface area contributed by atoms with Crippen LogP contribution in [-0.2, 0) is 10.0 Å². The van der Waals surface area contributed by atoms with Gasteiger partial charge in [-0.2, -0.15) is 4.31 Å². The number of nitrogens with zero attached hydrogens (tertiary/aromatic N) is 2. The van der Waals surface area contributed by atoms with Gasteiger partial charge in [-0.15, -0.1) is 11.3 Å². The van der Waals surface area contributed by atoms with Crippen LogP contribution >= 0.6 is 11.3 Å². The number of carboxylic acids is 1. The van der Waals surface area contributed by atoms with Crippen molar-refractivity contribution < 1.29 is 18.3 Å². The maximum atomic E-state index is 12.6. The maximum absolute atomic E-state index is 12.6. The largest absolute Gasteiger partial charge is 0.476 e. The highest BCUT2D eigenvalue weighted by Crippen LogP contribution is 2.29. The Morgan fingerprint density at radius 1 is 1.35 bits per heavy atom. The molecular formula is C12H18N2O4S2. The first-order chi connectivity index (χ1) is 9.44. The van der Waals surface area contributed by atoms with Crippen molar-refractivity contribution in [1.29, 1.82) is 0 Å². The van der Waals surface area contributed by atoms with E-state index in [2.05, 4.69) is 4.98 Å². The number of sulfonamides is 1. The van der Waals surface area contributed by atoms with Gasteiger partial charge in [0, 0.05) is 13.1 Å². The van der Waals surface area contributed by atoms with Crippen molar-refractivity contribution in [3.05, 3.63) is 11.2 Å². The molecule has 112 valence electrons. The highest BCUT2D eigenvalue weighted by molar-refractivity contribution is 7.91. The number of aromatic carboxylic acids is 1. The summed E-state index contributed by atoms with van der Waals surface area (Å²) in [5.74, 6) is -1.31. The van der Waals surface area contributed by atoms with Gasteiger partial charge in [0.15, 0.2) is 9.90 Å². The zero-order valence-corrected chi connectivity index (χ0v) is 12.9. The van der Waals surface area contributed by atoms with Crippen LogP contribution in [0, 0.1) is 0 Å². The van der Waals surface area contributed by atoms with Crippen molar-refractivity contribution in [3.8, 4) is 0 Å². The first kappa shape index (κ1) is 15.4. The number of thiazole rings is 1. The number of hydrogen-bond acceptors (Lipinski definition) is 5. The van der Waals surface area contributed by atoms with E-state index < -0.39 is 16.0 Å². The summed E-state index contributed by atoms with van der Waals surface area (Å²) in [6.07, 6.45) is 5.95. The van der Waals surface area contributed by atoms with E-state index in [1.165, 1.54) is 16.9 Å². The second kappa shape index (κ2) is 6.19. The molecule has 1 N–H and O–H groups in total. The minimum absolute atomic E-state index is 0.0498. The summed E-state index contributed by atoms with van der Waals surface area (Å²) in [7, 11) is -2.24. The van der Waals surface area contributed by atoms with Crippen molar-refractivity contribution >= 4 is 27.3 Å². The lowest BCUT2D eigenvalue weighted by Gasteiger charge is -2.25. The Balaban J connectivity index is 2.28. The quantitative estimate of drug-likeness (QED) is 0.860. The molecule has 0 amide bonds. The zero-order valence-electron chi connectivity index (χ0n) is 11.3. The maximum Gasteiger partial charge on any atom is 0.356 e. The van der Waals surface area contributed by atoms with Crippen molar-refractivity contribution in [1.82, 2.24) is 9.29 Å². The van der Waals surface area contributed by atoms with Crippen LogP contribution < -0.4 is 0 Å². The SMILES string of the molecule is CN(C1CCCCCC1)S(=O)(=O)c1scnc1C(=O)O. The van der Waals surface area contributed by atoms with Crippen LogP contribution in [0.15, 0.2) is 9.72 Å². The standard InChI is InChI=1S/C12H18N2O4S2/c1-14(9-6-4-2-3-5-7-9)20(17,18)12-10(11(15)16)13-8-19-12/h8-9H,2-7H2,1H3,(H,15,16). The van der Waals surface area contributed by atoms with Crippen LogP contribution in [-0.4, -0.2) is 41.9 Å². The first-order valence-corrected chi connectivity index (χ1v) is 8.91. The molecule has 0 unspecified atom stereocenters. The highest BCUT2D eigenvalue weighted by Gasteiger charge is 2.33. The van der Waals surface area contributed by atoms with Crippen LogP contribution in [0.4, 0.5) is 0 Å². The lowest BCUT2D eigenvalue weighted by molar-refractivity contribution is 0.0687. The van der Waals surface area contributed by atoms with E-state index in [1.54, 1.807) is 0 Å². The number of rotatable bonds is 4. The monoisotopic (exact) mass is 318 g/mol. The number of carbonyl (C=O) groups is 1. The number of hydrogen-bond donors (Lipinski definition) is 1.